The van der Waals surface area contributed by atoms with E-state index in [2.05, 4.69) is 147 Å². The second-order valence-electron chi connectivity index (χ2n) is 12.8. The van der Waals surface area contributed by atoms with Gasteiger partial charge in [-0.1, -0.05) is 145 Å². The Hall–Kier alpha value is -2.94. The maximum atomic E-state index is 10.1. The van der Waals surface area contributed by atoms with E-state index in [0.29, 0.717) is 11.8 Å². The standard InChI is InChI=1S/C39H54O2/c1-28(16-12-18-30(3)20-22-37-32(5)24-35(40)25-33(37)6)14-10-11-15-29(2)17-13-19-31(4)21-23-38-34(7)26-36(41)27-39(38,8)9/h10-23,26,32,35-36,38,40-41H,24-25,27H2,1-9H3/b11-10+,16-12+,17-13+,22-20+,23-21+,28-14+,29-15+,30-18+,31-19+/t32-,35?,36+,38?/m1/s1. The van der Waals surface area contributed by atoms with E-state index in [1.807, 2.05) is 6.08 Å². The van der Waals surface area contributed by atoms with Crippen molar-refractivity contribution in [3.8, 4) is 0 Å². The maximum Gasteiger partial charge on any atom is 0.0729 e. The van der Waals surface area contributed by atoms with Crippen LogP contribution in [0.25, 0.3) is 0 Å². The molecule has 0 saturated carbocycles. The van der Waals surface area contributed by atoms with Crippen molar-refractivity contribution in [1.29, 1.82) is 0 Å². The minimum absolute atomic E-state index is 0.0588. The second kappa shape index (κ2) is 16.5. The van der Waals surface area contributed by atoms with Crippen LogP contribution >= 0.6 is 0 Å². The van der Waals surface area contributed by atoms with Crippen LogP contribution in [0.4, 0.5) is 0 Å². The summed E-state index contributed by atoms with van der Waals surface area (Å²) in [6.45, 7) is 19.4. The number of hydrogen-bond donors (Lipinski definition) is 2. The van der Waals surface area contributed by atoms with Crippen LogP contribution in [0.15, 0.2) is 130 Å². The fourth-order valence-electron chi connectivity index (χ4n) is 5.79. The lowest BCUT2D eigenvalue weighted by molar-refractivity contribution is 0.117. The molecule has 0 saturated heterocycles. The Morgan fingerprint density at radius 3 is 1.83 bits per heavy atom. The lowest BCUT2D eigenvalue weighted by atomic mass is 9.67. The topological polar surface area (TPSA) is 40.5 Å². The maximum absolute atomic E-state index is 10.1. The highest BCUT2D eigenvalue weighted by atomic mass is 16.3. The summed E-state index contributed by atoms with van der Waals surface area (Å²) in [5, 5.41) is 20.0. The van der Waals surface area contributed by atoms with E-state index in [4.69, 9.17) is 0 Å². The molecule has 0 spiro atoms. The van der Waals surface area contributed by atoms with Crippen LogP contribution in [0.3, 0.4) is 0 Å². The van der Waals surface area contributed by atoms with Crippen molar-refractivity contribution in [3.05, 3.63) is 130 Å². The number of hydrogen-bond acceptors (Lipinski definition) is 2. The van der Waals surface area contributed by atoms with Gasteiger partial charge in [0.05, 0.1) is 12.2 Å². The van der Waals surface area contributed by atoms with E-state index >= 15 is 0 Å². The fraction of sp³-hybridized carbons (Fsp3) is 0.436. The van der Waals surface area contributed by atoms with E-state index in [-0.39, 0.29) is 17.6 Å². The average Bonchev–Trinajstić information content (AvgIpc) is 2.84. The van der Waals surface area contributed by atoms with Crippen LogP contribution < -0.4 is 0 Å². The van der Waals surface area contributed by atoms with Gasteiger partial charge in [0.25, 0.3) is 0 Å². The van der Waals surface area contributed by atoms with Gasteiger partial charge in [0, 0.05) is 5.92 Å². The molecule has 0 aliphatic heterocycles. The van der Waals surface area contributed by atoms with Gasteiger partial charge in [-0.25, -0.2) is 0 Å². The zero-order valence-electron chi connectivity index (χ0n) is 27.0. The highest BCUT2D eigenvalue weighted by Crippen LogP contribution is 2.41. The molecule has 0 aromatic heterocycles. The molecule has 2 unspecified atom stereocenters. The van der Waals surface area contributed by atoms with Crippen LogP contribution in [-0.4, -0.2) is 22.4 Å². The molecule has 2 N–H and O–H groups in total. The molecule has 2 nitrogen and oxygen atoms in total. The molecule has 0 fully saturated rings. The van der Waals surface area contributed by atoms with Crippen LogP contribution in [-0.2, 0) is 0 Å². The minimum Gasteiger partial charge on any atom is -0.393 e. The molecule has 41 heavy (non-hydrogen) atoms. The Balaban J connectivity index is 1.87. The summed E-state index contributed by atoms with van der Waals surface area (Å²) in [6.07, 6.45) is 33.9. The fourth-order valence-corrected chi connectivity index (χ4v) is 5.79. The molecule has 0 radical (unpaired) electrons. The first-order valence-corrected chi connectivity index (χ1v) is 15.1. The Labute approximate surface area is 251 Å². The van der Waals surface area contributed by atoms with Crippen molar-refractivity contribution in [2.45, 2.75) is 93.8 Å². The van der Waals surface area contributed by atoms with Gasteiger partial charge in [-0.05, 0) is 77.7 Å². The molecular formula is C39H54O2. The predicted octanol–water partition coefficient (Wildman–Crippen LogP) is 10.0. The van der Waals surface area contributed by atoms with Gasteiger partial charge in [-0.15, -0.1) is 0 Å². The van der Waals surface area contributed by atoms with Crippen molar-refractivity contribution in [2.24, 2.45) is 17.3 Å². The van der Waals surface area contributed by atoms with Gasteiger partial charge >= 0.3 is 0 Å². The predicted molar refractivity (Wildman–Crippen MR) is 179 cm³/mol. The quantitative estimate of drug-likeness (QED) is 0.208. The third-order valence-electron chi connectivity index (χ3n) is 8.06. The Bertz CT molecular complexity index is 1230. The van der Waals surface area contributed by atoms with Crippen molar-refractivity contribution < 1.29 is 10.2 Å². The Morgan fingerprint density at radius 2 is 1.29 bits per heavy atom. The zero-order chi connectivity index (χ0) is 30.6. The molecule has 0 heterocycles. The van der Waals surface area contributed by atoms with Crippen molar-refractivity contribution >= 4 is 0 Å². The largest absolute Gasteiger partial charge is 0.393 e. The summed E-state index contributed by atoms with van der Waals surface area (Å²) in [6, 6.07) is 0. The molecule has 0 aromatic carbocycles. The van der Waals surface area contributed by atoms with Crippen LogP contribution in [0.2, 0.25) is 0 Å². The molecule has 2 aliphatic carbocycles. The van der Waals surface area contributed by atoms with Crippen molar-refractivity contribution in [2.75, 3.05) is 0 Å². The molecule has 2 rings (SSSR count). The molecule has 0 amide bonds. The highest BCUT2D eigenvalue weighted by Gasteiger charge is 2.34. The van der Waals surface area contributed by atoms with Gasteiger partial charge in [-0.2, -0.15) is 0 Å². The van der Waals surface area contributed by atoms with Crippen LogP contribution in [0, 0.1) is 17.3 Å². The number of aliphatic hydroxyl groups is 2. The van der Waals surface area contributed by atoms with Gasteiger partial charge in [0.2, 0.25) is 0 Å². The zero-order valence-corrected chi connectivity index (χ0v) is 27.0. The third-order valence-corrected chi connectivity index (χ3v) is 8.06. The summed E-state index contributed by atoms with van der Waals surface area (Å²) in [7, 11) is 0. The van der Waals surface area contributed by atoms with E-state index in [1.54, 1.807) is 0 Å². The lowest BCUT2D eigenvalue weighted by Crippen LogP contribution is -2.32. The van der Waals surface area contributed by atoms with Gasteiger partial charge in [0.1, 0.15) is 0 Å². The first-order chi connectivity index (χ1) is 19.3. The van der Waals surface area contributed by atoms with Gasteiger partial charge in [0.15, 0.2) is 0 Å². The van der Waals surface area contributed by atoms with E-state index in [9.17, 15) is 10.2 Å². The molecule has 222 valence electrons. The summed E-state index contributed by atoms with van der Waals surface area (Å²) >= 11 is 0. The lowest BCUT2D eigenvalue weighted by Gasteiger charge is -2.38. The normalized spacial score (nSPS) is 27.4. The summed E-state index contributed by atoms with van der Waals surface area (Å²) in [5.41, 5.74) is 8.77. The molecular weight excluding hydrogens is 500 g/mol. The van der Waals surface area contributed by atoms with Crippen LogP contribution in [0.5, 0.6) is 0 Å². The van der Waals surface area contributed by atoms with Crippen molar-refractivity contribution in [3.63, 3.8) is 0 Å². The average molecular weight is 555 g/mol. The van der Waals surface area contributed by atoms with Gasteiger partial charge < -0.3 is 10.2 Å². The number of aliphatic hydroxyl groups excluding tert-OH is 2. The second-order valence-corrected chi connectivity index (χ2v) is 12.8. The summed E-state index contributed by atoms with van der Waals surface area (Å²) in [5.74, 6) is 0.756. The molecule has 2 heteroatoms. The SMILES string of the molecule is CC1=C[C@H](O)CC(C)(C)C1/C=C/C(C)=C/C=C/C(C)=C/C=C/C=C(C)/C=C/C=C(C)/C=C/C1=C(C)CC(O)C[C@H]1C. The van der Waals surface area contributed by atoms with E-state index in [0.717, 1.165) is 19.3 Å². The molecule has 0 bridgehead atoms. The minimum atomic E-state index is -0.330. The summed E-state index contributed by atoms with van der Waals surface area (Å²) in [4.78, 5) is 0. The van der Waals surface area contributed by atoms with Gasteiger partial charge in [-0.3, -0.25) is 0 Å². The number of allylic oxidation sites excluding steroid dienone is 20. The first-order valence-electron chi connectivity index (χ1n) is 15.1. The first kappa shape index (κ1) is 34.3. The Kier molecular flexibility index (Phi) is 13.8. The van der Waals surface area contributed by atoms with E-state index in [1.165, 1.54) is 39.0 Å². The molecule has 4 atom stereocenters. The monoisotopic (exact) mass is 554 g/mol. The molecule has 2 aliphatic rings. The van der Waals surface area contributed by atoms with E-state index < -0.39 is 0 Å². The Morgan fingerprint density at radius 1 is 0.780 bits per heavy atom. The third kappa shape index (κ3) is 12.2. The smallest absolute Gasteiger partial charge is 0.0729 e. The van der Waals surface area contributed by atoms with Crippen molar-refractivity contribution in [1.82, 2.24) is 0 Å². The van der Waals surface area contributed by atoms with Crippen LogP contribution in [0.1, 0.15) is 81.6 Å². The molecule has 0 aromatic rings. The highest BCUT2D eigenvalue weighted by molar-refractivity contribution is 5.36. The number of rotatable bonds is 10. The summed E-state index contributed by atoms with van der Waals surface area (Å²) < 4.78 is 0.